The number of carbonyl (C=O) groups excluding carboxylic acids is 2. The molecule has 2 aliphatic rings. The normalized spacial score (nSPS) is 26.4. The number of nitrogens with one attached hydrogen (secondary N) is 1. The minimum Gasteiger partial charge on any atom is -0.453 e. The number of hydrogen-bond donors (Lipinski definition) is 1. The van der Waals surface area contributed by atoms with Crippen molar-refractivity contribution in [2.75, 3.05) is 20.3 Å². The van der Waals surface area contributed by atoms with Gasteiger partial charge in [-0.2, -0.15) is 0 Å². The van der Waals surface area contributed by atoms with Crippen LogP contribution < -0.4 is 5.32 Å². The molecule has 1 heterocycles. The molecule has 7 nitrogen and oxygen atoms in total. The van der Waals surface area contributed by atoms with Gasteiger partial charge in [0.2, 0.25) is 0 Å². The van der Waals surface area contributed by atoms with E-state index < -0.39 is 17.8 Å². The monoisotopic (exact) mass is 432 g/mol. The van der Waals surface area contributed by atoms with Crippen LogP contribution >= 0.6 is 0 Å². The molecule has 2 unspecified atom stereocenters. The minimum absolute atomic E-state index is 0.169. The SMILES string of the molecule is COC(=O)N1CCC(NC(=O)OC(C)(C)C)C1COC1CCC(c2ccccc2)CC1. The van der Waals surface area contributed by atoms with Crippen LogP contribution in [0.3, 0.4) is 0 Å². The molecule has 1 N–H and O–H groups in total. The van der Waals surface area contributed by atoms with Crippen molar-refractivity contribution in [2.24, 2.45) is 0 Å². The van der Waals surface area contributed by atoms with E-state index in [0.29, 0.717) is 25.5 Å². The number of methoxy groups -OCH3 is 1. The minimum atomic E-state index is -0.575. The van der Waals surface area contributed by atoms with E-state index in [9.17, 15) is 9.59 Å². The molecule has 2 atom stereocenters. The summed E-state index contributed by atoms with van der Waals surface area (Å²) in [7, 11) is 1.37. The Morgan fingerprint density at radius 3 is 2.35 bits per heavy atom. The van der Waals surface area contributed by atoms with Crippen molar-refractivity contribution in [3.63, 3.8) is 0 Å². The molecule has 0 bridgehead atoms. The third-order valence-electron chi connectivity index (χ3n) is 6.10. The zero-order valence-electron chi connectivity index (χ0n) is 19.1. The summed E-state index contributed by atoms with van der Waals surface area (Å²) in [5.41, 5.74) is 0.823. The van der Waals surface area contributed by atoms with Gasteiger partial charge in [-0.3, -0.25) is 0 Å². The van der Waals surface area contributed by atoms with Gasteiger partial charge in [0, 0.05) is 6.54 Å². The van der Waals surface area contributed by atoms with Crippen LogP contribution in [0.1, 0.15) is 64.4 Å². The van der Waals surface area contributed by atoms with Crippen LogP contribution in [0.25, 0.3) is 0 Å². The van der Waals surface area contributed by atoms with Crippen LogP contribution in [0.2, 0.25) is 0 Å². The first-order chi connectivity index (χ1) is 14.8. The molecular formula is C24H36N2O5. The zero-order valence-corrected chi connectivity index (χ0v) is 19.1. The van der Waals surface area contributed by atoms with Gasteiger partial charge in [0.15, 0.2) is 0 Å². The highest BCUT2D eigenvalue weighted by Gasteiger charge is 2.40. The number of amides is 2. The molecule has 0 spiro atoms. The van der Waals surface area contributed by atoms with Crippen molar-refractivity contribution < 1.29 is 23.8 Å². The number of ether oxygens (including phenoxy) is 3. The predicted octanol–water partition coefficient (Wildman–Crippen LogP) is 4.46. The lowest BCUT2D eigenvalue weighted by Crippen LogP contribution is -2.50. The fourth-order valence-corrected chi connectivity index (χ4v) is 4.55. The van der Waals surface area contributed by atoms with Crippen LogP contribution in [0.5, 0.6) is 0 Å². The third kappa shape index (κ3) is 6.60. The number of benzene rings is 1. The van der Waals surface area contributed by atoms with Gasteiger partial charge in [-0.15, -0.1) is 0 Å². The van der Waals surface area contributed by atoms with Crippen molar-refractivity contribution in [3.8, 4) is 0 Å². The molecule has 0 radical (unpaired) electrons. The highest BCUT2D eigenvalue weighted by Crippen LogP contribution is 2.34. The molecule has 172 valence electrons. The van der Waals surface area contributed by atoms with Crippen molar-refractivity contribution in [3.05, 3.63) is 35.9 Å². The number of carbonyl (C=O) groups is 2. The van der Waals surface area contributed by atoms with Crippen LogP contribution in [0.15, 0.2) is 30.3 Å². The van der Waals surface area contributed by atoms with Crippen LogP contribution in [-0.2, 0) is 14.2 Å². The summed E-state index contributed by atoms with van der Waals surface area (Å²) in [4.78, 5) is 26.2. The Bertz CT molecular complexity index is 725. The second-order valence-electron chi connectivity index (χ2n) is 9.49. The molecule has 1 aliphatic carbocycles. The molecular weight excluding hydrogens is 396 g/mol. The highest BCUT2D eigenvalue weighted by molar-refractivity contribution is 5.70. The van der Waals surface area contributed by atoms with Crippen molar-refractivity contribution >= 4 is 12.2 Å². The smallest absolute Gasteiger partial charge is 0.409 e. The summed E-state index contributed by atoms with van der Waals surface area (Å²) in [6.07, 6.45) is 4.13. The maximum absolute atomic E-state index is 12.3. The first kappa shape index (κ1) is 23.4. The molecule has 2 fully saturated rings. The number of alkyl carbamates (subject to hydrolysis) is 1. The van der Waals surface area contributed by atoms with Gasteiger partial charge in [0.25, 0.3) is 0 Å². The van der Waals surface area contributed by atoms with Crippen molar-refractivity contribution in [1.82, 2.24) is 10.2 Å². The van der Waals surface area contributed by atoms with Gasteiger partial charge >= 0.3 is 12.2 Å². The highest BCUT2D eigenvalue weighted by atomic mass is 16.6. The van der Waals surface area contributed by atoms with E-state index in [1.54, 1.807) is 4.90 Å². The summed E-state index contributed by atoms with van der Waals surface area (Å²) in [5, 5.41) is 2.92. The third-order valence-corrected chi connectivity index (χ3v) is 6.10. The lowest BCUT2D eigenvalue weighted by molar-refractivity contribution is -0.00765. The average Bonchev–Trinajstić information content (AvgIpc) is 3.13. The second-order valence-corrected chi connectivity index (χ2v) is 9.49. The second kappa shape index (κ2) is 10.4. The predicted molar refractivity (Wildman–Crippen MR) is 118 cm³/mol. The summed E-state index contributed by atoms with van der Waals surface area (Å²) < 4.78 is 16.6. The Morgan fingerprint density at radius 1 is 1.06 bits per heavy atom. The summed E-state index contributed by atoms with van der Waals surface area (Å²) in [6, 6.07) is 10.1. The lowest BCUT2D eigenvalue weighted by atomic mass is 9.83. The van der Waals surface area contributed by atoms with E-state index in [0.717, 1.165) is 25.7 Å². The fraction of sp³-hybridized carbons (Fsp3) is 0.667. The molecule has 1 saturated carbocycles. The van der Waals surface area contributed by atoms with Gasteiger partial charge in [-0.25, -0.2) is 9.59 Å². The largest absolute Gasteiger partial charge is 0.453 e. The molecule has 1 aromatic rings. The van der Waals surface area contributed by atoms with E-state index >= 15 is 0 Å². The quantitative estimate of drug-likeness (QED) is 0.743. The molecule has 3 rings (SSSR count). The summed E-state index contributed by atoms with van der Waals surface area (Å²) >= 11 is 0. The summed E-state index contributed by atoms with van der Waals surface area (Å²) in [5.74, 6) is 0.584. The topological polar surface area (TPSA) is 77.1 Å². The first-order valence-electron chi connectivity index (χ1n) is 11.3. The van der Waals surface area contributed by atoms with Crippen LogP contribution in [0.4, 0.5) is 9.59 Å². The van der Waals surface area contributed by atoms with Gasteiger partial charge in [0.05, 0.1) is 31.9 Å². The average molecular weight is 433 g/mol. The maximum Gasteiger partial charge on any atom is 0.409 e. The molecule has 1 aromatic carbocycles. The Labute approximate surface area is 185 Å². The number of likely N-dealkylation sites (tertiary alicyclic amines) is 1. The van der Waals surface area contributed by atoms with Gasteiger partial charge in [-0.05, 0) is 64.4 Å². The number of hydrogen-bond acceptors (Lipinski definition) is 5. The van der Waals surface area contributed by atoms with Crippen molar-refractivity contribution in [2.45, 2.75) is 82.6 Å². The van der Waals surface area contributed by atoms with Crippen LogP contribution in [-0.4, -0.2) is 61.1 Å². The zero-order chi connectivity index (χ0) is 22.4. The molecule has 1 aliphatic heterocycles. The van der Waals surface area contributed by atoms with E-state index in [1.807, 2.05) is 20.8 Å². The van der Waals surface area contributed by atoms with Gasteiger partial charge in [0.1, 0.15) is 5.60 Å². The standard InChI is InChI=1S/C24H36N2O5/c1-24(2,3)31-22(27)25-20-14-15-26(23(28)29-4)21(20)16-30-19-12-10-18(11-13-19)17-8-6-5-7-9-17/h5-9,18-21H,10-16H2,1-4H3,(H,25,27). The summed E-state index contributed by atoms with van der Waals surface area (Å²) in [6.45, 7) is 6.37. The maximum atomic E-state index is 12.3. The Balaban J connectivity index is 1.54. The first-order valence-corrected chi connectivity index (χ1v) is 11.3. The Morgan fingerprint density at radius 2 is 1.74 bits per heavy atom. The van der Waals surface area contributed by atoms with Crippen molar-refractivity contribution in [1.29, 1.82) is 0 Å². The number of nitrogens with zero attached hydrogens (tertiary/aromatic N) is 1. The lowest BCUT2D eigenvalue weighted by Gasteiger charge is -2.32. The molecule has 2 amide bonds. The Hall–Kier alpha value is -2.28. The molecule has 7 heteroatoms. The Kier molecular flexibility index (Phi) is 7.81. The van der Waals surface area contributed by atoms with Crippen LogP contribution in [0, 0.1) is 0 Å². The van der Waals surface area contributed by atoms with E-state index in [-0.39, 0.29) is 18.2 Å². The number of rotatable bonds is 5. The molecule has 1 saturated heterocycles. The van der Waals surface area contributed by atoms with Gasteiger partial charge in [-0.1, -0.05) is 30.3 Å². The molecule has 31 heavy (non-hydrogen) atoms. The van der Waals surface area contributed by atoms with Gasteiger partial charge < -0.3 is 24.4 Å². The van der Waals surface area contributed by atoms with E-state index in [1.165, 1.54) is 12.7 Å². The molecule has 0 aromatic heterocycles. The van der Waals surface area contributed by atoms with E-state index in [2.05, 4.69) is 35.6 Å². The fourth-order valence-electron chi connectivity index (χ4n) is 4.55. The van der Waals surface area contributed by atoms with E-state index in [4.69, 9.17) is 14.2 Å².